The van der Waals surface area contributed by atoms with E-state index in [0.717, 1.165) is 44.9 Å². The molecule has 0 spiro atoms. The number of hydrogen-bond donors (Lipinski definition) is 3. The molecule has 1 aromatic carbocycles. The van der Waals surface area contributed by atoms with Crippen molar-refractivity contribution in [2.75, 3.05) is 19.9 Å². The highest BCUT2D eigenvalue weighted by molar-refractivity contribution is 7.61. The van der Waals surface area contributed by atoms with Gasteiger partial charge in [0, 0.05) is 43.7 Å². The van der Waals surface area contributed by atoms with Crippen molar-refractivity contribution < 1.29 is 37.7 Å². The molecule has 49 heavy (non-hydrogen) atoms. The number of carbonyl (C=O) groups is 5. The summed E-state index contributed by atoms with van der Waals surface area (Å²) in [6, 6.07) is 2.72. The quantitative estimate of drug-likeness (QED) is 0.311. The van der Waals surface area contributed by atoms with Gasteiger partial charge in [0.15, 0.2) is 7.29 Å². The Morgan fingerprint density at radius 2 is 1.80 bits per heavy atom. The van der Waals surface area contributed by atoms with Crippen molar-refractivity contribution in [3.63, 3.8) is 0 Å². The minimum atomic E-state index is -2.99. The Labute approximate surface area is 286 Å². The molecule has 6 rings (SSSR count). The number of hydrogen-bond acceptors (Lipinski definition) is 7. The van der Waals surface area contributed by atoms with Gasteiger partial charge in [-0.1, -0.05) is 50.0 Å². The third-order valence-electron chi connectivity index (χ3n) is 10.5. The first-order valence-electron chi connectivity index (χ1n) is 17.5. The van der Waals surface area contributed by atoms with Crippen LogP contribution in [0, 0.1) is 17.7 Å². The Bertz CT molecular complexity index is 1570. The number of benzene rings is 1. The van der Waals surface area contributed by atoms with Crippen LogP contribution in [0.2, 0.25) is 0 Å². The monoisotopic (exact) mass is 699 g/mol. The molecule has 0 aromatic heterocycles. The minimum Gasteiger partial charge on any atom is -0.444 e. The van der Waals surface area contributed by atoms with E-state index in [1.807, 2.05) is 12.2 Å². The summed E-state index contributed by atoms with van der Waals surface area (Å²) in [6.07, 6.45) is 9.60. The minimum absolute atomic E-state index is 0.0278. The average Bonchev–Trinajstić information content (AvgIpc) is 3.50. The summed E-state index contributed by atoms with van der Waals surface area (Å²) < 4.78 is 32.8. The number of fused-ring (bicyclic) bond motifs is 3. The van der Waals surface area contributed by atoms with Crippen molar-refractivity contribution in [1.29, 1.82) is 0 Å². The average molecular weight is 700 g/mol. The maximum absolute atomic E-state index is 14.4. The molecule has 0 bridgehead atoms. The van der Waals surface area contributed by atoms with Crippen LogP contribution in [0.1, 0.15) is 81.8 Å². The Morgan fingerprint density at radius 3 is 2.53 bits per heavy atom. The SMILES string of the molecule is CP(C)(=O)NC(=O)[C@@]12CC1/C=C\CCCCC[C@H](NC(=O)C1CCCC1)C(=O)N1C[C@H](OC(=O)N3Cc4cccc(F)c4C3)C[C@H]1C(=O)N2. The largest absolute Gasteiger partial charge is 0.444 e. The van der Waals surface area contributed by atoms with Crippen LogP contribution in [0.15, 0.2) is 30.4 Å². The zero-order valence-electron chi connectivity index (χ0n) is 28.3. The number of allylic oxidation sites excluding steroid dienone is 1. The van der Waals surface area contributed by atoms with E-state index in [9.17, 15) is 32.9 Å². The lowest BCUT2D eigenvalue weighted by atomic mass is 10.0. The summed E-state index contributed by atoms with van der Waals surface area (Å²) >= 11 is 0. The van der Waals surface area contributed by atoms with Gasteiger partial charge in [0.25, 0.3) is 5.91 Å². The summed E-state index contributed by atoms with van der Waals surface area (Å²) in [5.74, 6) is -2.62. The molecule has 3 fully saturated rings. The van der Waals surface area contributed by atoms with Gasteiger partial charge in [-0.15, -0.1) is 0 Å². The fourth-order valence-electron chi connectivity index (χ4n) is 7.71. The number of rotatable bonds is 5. The van der Waals surface area contributed by atoms with Crippen molar-refractivity contribution in [2.45, 2.75) is 107 Å². The van der Waals surface area contributed by atoms with Crippen molar-refractivity contribution in [3.8, 4) is 0 Å². The molecule has 3 N–H and O–H groups in total. The number of nitrogens with one attached hydrogen (secondary N) is 3. The highest BCUT2D eigenvalue weighted by Crippen LogP contribution is 2.47. The maximum Gasteiger partial charge on any atom is 0.410 e. The number of halogens is 1. The van der Waals surface area contributed by atoms with Gasteiger partial charge < -0.3 is 29.9 Å². The van der Waals surface area contributed by atoms with Gasteiger partial charge in [0.2, 0.25) is 17.7 Å². The zero-order chi connectivity index (χ0) is 34.9. The molecule has 5 aliphatic rings. The highest BCUT2D eigenvalue weighted by Gasteiger charge is 2.61. The second-order valence-corrected chi connectivity index (χ2v) is 17.6. The lowest BCUT2D eigenvalue weighted by molar-refractivity contribution is -0.143. The Kier molecular flexibility index (Phi) is 10.2. The zero-order valence-corrected chi connectivity index (χ0v) is 29.1. The van der Waals surface area contributed by atoms with E-state index in [1.54, 1.807) is 12.1 Å². The van der Waals surface area contributed by atoms with Crippen LogP contribution in [0.5, 0.6) is 0 Å². The molecule has 266 valence electrons. The summed E-state index contributed by atoms with van der Waals surface area (Å²) in [7, 11) is -2.99. The maximum atomic E-state index is 14.4. The number of carbonyl (C=O) groups excluding carboxylic acids is 5. The molecule has 3 heterocycles. The topological polar surface area (TPSA) is 154 Å². The van der Waals surface area contributed by atoms with E-state index >= 15 is 0 Å². The Morgan fingerprint density at radius 1 is 1.04 bits per heavy atom. The third kappa shape index (κ3) is 7.87. The molecule has 2 saturated carbocycles. The van der Waals surface area contributed by atoms with Crippen molar-refractivity contribution in [3.05, 3.63) is 47.3 Å². The summed E-state index contributed by atoms with van der Waals surface area (Å²) in [4.78, 5) is 71.3. The van der Waals surface area contributed by atoms with Gasteiger partial charge in [-0.3, -0.25) is 24.1 Å². The van der Waals surface area contributed by atoms with Crippen LogP contribution in [0.4, 0.5) is 9.18 Å². The van der Waals surface area contributed by atoms with E-state index in [4.69, 9.17) is 4.74 Å². The molecule has 1 aromatic rings. The van der Waals surface area contributed by atoms with Crippen LogP contribution in [0.25, 0.3) is 0 Å². The van der Waals surface area contributed by atoms with E-state index < -0.39 is 60.7 Å². The summed E-state index contributed by atoms with van der Waals surface area (Å²) in [5, 5.41) is 8.47. The van der Waals surface area contributed by atoms with Crippen LogP contribution < -0.4 is 15.7 Å². The van der Waals surface area contributed by atoms with E-state index in [-0.39, 0.29) is 43.8 Å². The third-order valence-corrected chi connectivity index (χ3v) is 11.3. The van der Waals surface area contributed by atoms with Gasteiger partial charge in [0.05, 0.1) is 13.1 Å². The Balaban J connectivity index is 1.25. The van der Waals surface area contributed by atoms with Crippen molar-refractivity contribution in [1.82, 2.24) is 25.5 Å². The molecule has 1 saturated heterocycles. The molecule has 3 aliphatic heterocycles. The molecular weight excluding hydrogens is 652 g/mol. The lowest BCUT2D eigenvalue weighted by Gasteiger charge is -2.30. The fourth-order valence-corrected chi connectivity index (χ4v) is 8.40. The normalized spacial score (nSPS) is 29.9. The predicted octanol–water partition coefficient (Wildman–Crippen LogP) is 3.97. The first-order valence-corrected chi connectivity index (χ1v) is 20.1. The van der Waals surface area contributed by atoms with Crippen molar-refractivity contribution in [2.24, 2.45) is 11.8 Å². The number of amides is 5. The lowest BCUT2D eigenvalue weighted by Crippen LogP contribution is -2.57. The molecule has 1 unspecified atom stereocenters. The highest BCUT2D eigenvalue weighted by atomic mass is 31.2. The first kappa shape index (κ1) is 35.1. The molecule has 2 aliphatic carbocycles. The smallest absolute Gasteiger partial charge is 0.410 e. The fraction of sp³-hybridized carbons (Fsp3) is 0.629. The van der Waals surface area contributed by atoms with Gasteiger partial charge in [0.1, 0.15) is 29.5 Å². The van der Waals surface area contributed by atoms with Gasteiger partial charge in [-0.2, -0.15) is 0 Å². The molecule has 5 amide bonds. The Hall–Kier alpha value is -3.73. The van der Waals surface area contributed by atoms with Crippen LogP contribution in [-0.2, 0) is 41.6 Å². The molecule has 14 heteroatoms. The van der Waals surface area contributed by atoms with Gasteiger partial charge in [-0.05, 0) is 50.2 Å². The molecular formula is C35H47FN5O7P. The van der Waals surface area contributed by atoms with Crippen LogP contribution in [-0.4, -0.2) is 83.1 Å². The van der Waals surface area contributed by atoms with E-state index in [2.05, 4.69) is 15.7 Å². The summed E-state index contributed by atoms with van der Waals surface area (Å²) in [6.45, 7) is 3.00. The van der Waals surface area contributed by atoms with Crippen molar-refractivity contribution >= 4 is 37.0 Å². The molecule has 5 atom stereocenters. The number of nitrogens with zero attached hydrogens (tertiary/aromatic N) is 2. The molecule has 12 nitrogen and oxygen atoms in total. The number of ether oxygens (including phenoxy) is 1. The van der Waals surface area contributed by atoms with E-state index in [0.29, 0.717) is 30.4 Å². The first-order chi connectivity index (χ1) is 23.3. The summed E-state index contributed by atoms with van der Waals surface area (Å²) in [5.41, 5.74) is -0.221. The second kappa shape index (κ2) is 14.2. The van der Waals surface area contributed by atoms with Gasteiger partial charge in [-0.25, -0.2) is 9.18 Å². The van der Waals surface area contributed by atoms with Crippen LogP contribution in [0.3, 0.4) is 0 Å². The predicted molar refractivity (Wildman–Crippen MR) is 179 cm³/mol. The standard InChI is InChI=1S/C35H47FN5O7P/c1-49(2,47)39-33(45)35-18-24(35)14-6-4-3-5-7-16-28(37-30(42)22-11-8-9-12-22)32(44)41-20-25(17-29(41)31(43)38-35)48-34(46)40-19-23-13-10-15-27(36)26(23)21-40/h6,10,13-15,22,24-25,28-29H,3-5,7-9,11-12,16-21H2,1-2H3,(H,37,42)(H,38,43)(H,39,45,47)/b14-6-/t24?,25-,28+,29+,35-/m1/s1. The second-order valence-electron chi connectivity index (χ2n) is 14.7. The molecule has 0 radical (unpaired) electrons. The van der Waals surface area contributed by atoms with Crippen LogP contribution >= 0.6 is 7.29 Å². The van der Waals surface area contributed by atoms with Gasteiger partial charge >= 0.3 is 6.09 Å². The van der Waals surface area contributed by atoms with E-state index in [1.165, 1.54) is 29.2 Å².